The predicted octanol–water partition coefficient (Wildman–Crippen LogP) is 1.98. The zero-order valence-corrected chi connectivity index (χ0v) is 16.6. The van der Waals surface area contributed by atoms with E-state index < -0.39 is 0 Å². The molecule has 29 heavy (non-hydrogen) atoms. The second-order valence-corrected chi connectivity index (χ2v) is 7.45. The van der Waals surface area contributed by atoms with Gasteiger partial charge < -0.3 is 9.30 Å². The Hall–Kier alpha value is -3.59. The summed E-state index contributed by atoms with van der Waals surface area (Å²) in [4.78, 5) is 11.3. The highest BCUT2D eigenvalue weighted by atomic mass is 15.5. The van der Waals surface area contributed by atoms with Crippen LogP contribution >= 0.6 is 0 Å². The molecule has 0 saturated heterocycles. The molecular formula is C20H21N9. The van der Waals surface area contributed by atoms with E-state index in [1.165, 1.54) is 11.2 Å². The Morgan fingerprint density at radius 2 is 1.90 bits per heavy atom. The van der Waals surface area contributed by atoms with Crippen LogP contribution in [0.2, 0.25) is 0 Å². The van der Waals surface area contributed by atoms with Crippen molar-refractivity contribution in [3.8, 4) is 11.3 Å². The van der Waals surface area contributed by atoms with Gasteiger partial charge in [-0.1, -0.05) is 11.3 Å². The molecule has 0 aliphatic carbocycles. The van der Waals surface area contributed by atoms with Crippen molar-refractivity contribution in [1.82, 2.24) is 44.0 Å². The Labute approximate surface area is 167 Å². The Morgan fingerprint density at radius 3 is 2.69 bits per heavy atom. The first kappa shape index (κ1) is 17.5. The molecule has 0 saturated carbocycles. The lowest BCUT2D eigenvalue weighted by Crippen LogP contribution is -2.12. The molecule has 0 radical (unpaired) electrons. The predicted molar refractivity (Wildman–Crippen MR) is 109 cm³/mol. The molecule has 0 fully saturated rings. The van der Waals surface area contributed by atoms with E-state index in [4.69, 9.17) is 4.98 Å². The molecule has 5 heterocycles. The van der Waals surface area contributed by atoms with Crippen molar-refractivity contribution >= 4 is 16.8 Å². The van der Waals surface area contributed by atoms with Gasteiger partial charge in [-0.2, -0.15) is 5.10 Å². The summed E-state index contributed by atoms with van der Waals surface area (Å²) < 4.78 is 5.76. The largest absolute Gasteiger partial charge is 0.319 e. The third-order valence-electron chi connectivity index (χ3n) is 4.84. The Morgan fingerprint density at radius 1 is 1.03 bits per heavy atom. The molecule has 0 amide bonds. The molecule has 5 aromatic heterocycles. The Balaban J connectivity index is 1.51. The van der Waals surface area contributed by atoms with Crippen molar-refractivity contribution in [3.63, 3.8) is 0 Å². The number of fused-ring (bicyclic) bond motifs is 2. The first-order valence-corrected chi connectivity index (χ1v) is 9.36. The van der Waals surface area contributed by atoms with Gasteiger partial charge in [0.05, 0.1) is 24.6 Å². The maximum atomic E-state index is 4.73. The summed E-state index contributed by atoms with van der Waals surface area (Å²) in [5.41, 5.74) is 6.40. The second-order valence-electron chi connectivity index (χ2n) is 7.45. The highest BCUT2D eigenvalue weighted by Gasteiger charge is 2.12. The van der Waals surface area contributed by atoms with Gasteiger partial charge in [-0.15, -0.1) is 5.10 Å². The van der Waals surface area contributed by atoms with Crippen LogP contribution in [-0.4, -0.2) is 58.1 Å². The number of hydrogen-bond donors (Lipinski definition) is 0. The van der Waals surface area contributed by atoms with Crippen molar-refractivity contribution in [2.75, 3.05) is 14.1 Å². The number of pyridine rings is 1. The Bertz CT molecular complexity index is 1310. The third kappa shape index (κ3) is 3.25. The van der Waals surface area contributed by atoms with Gasteiger partial charge in [-0.05, 0) is 37.9 Å². The van der Waals surface area contributed by atoms with Crippen LogP contribution in [0.3, 0.4) is 0 Å². The van der Waals surface area contributed by atoms with Gasteiger partial charge in [-0.3, -0.25) is 4.68 Å². The van der Waals surface area contributed by atoms with Crippen molar-refractivity contribution in [1.29, 1.82) is 0 Å². The summed E-state index contributed by atoms with van der Waals surface area (Å²) >= 11 is 0. The highest BCUT2D eigenvalue weighted by Crippen LogP contribution is 2.19. The molecule has 5 aromatic rings. The monoisotopic (exact) mass is 387 g/mol. The molecule has 9 nitrogen and oxygen atoms in total. The lowest BCUT2D eigenvalue weighted by Gasteiger charge is -2.11. The van der Waals surface area contributed by atoms with E-state index in [0.717, 1.165) is 23.4 Å². The number of nitrogens with zero attached hydrogens (tertiary/aromatic N) is 9. The molecular weight excluding hydrogens is 366 g/mol. The van der Waals surface area contributed by atoms with Gasteiger partial charge in [-0.25, -0.2) is 14.6 Å². The molecule has 9 heteroatoms. The molecule has 0 aliphatic rings. The summed E-state index contributed by atoms with van der Waals surface area (Å²) in [6, 6.07) is 8.54. The van der Waals surface area contributed by atoms with E-state index in [1.807, 2.05) is 13.2 Å². The fraction of sp³-hybridized carbons (Fsp3) is 0.250. The summed E-state index contributed by atoms with van der Waals surface area (Å²) in [5.74, 6) is 0. The minimum Gasteiger partial charge on any atom is -0.319 e. The van der Waals surface area contributed by atoms with Crippen LogP contribution < -0.4 is 0 Å². The second kappa shape index (κ2) is 6.78. The first-order chi connectivity index (χ1) is 14.1. The van der Waals surface area contributed by atoms with Gasteiger partial charge in [0.2, 0.25) is 5.65 Å². The fourth-order valence-electron chi connectivity index (χ4n) is 3.48. The van der Waals surface area contributed by atoms with Gasteiger partial charge >= 0.3 is 0 Å². The van der Waals surface area contributed by atoms with Gasteiger partial charge in [0.15, 0.2) is 5.65 Å². The average molecular weight is 387 g/mol. The van der Waals surface area contributed by atoms with Crippen molar-refractivity contribution < 1.29 is 0 Å². The zero-order chi connectivity index (χ0) is 20.0. The molecule has 0 aliphatic heterocycles. The highest BCUT2D eigenvalue weighted by molar-refractivity contribution is 5.69. The van der Waals surface area contributed by atoms with Crippen molar-refractivity contribution in [2.24, 2.45) is 7.05 Å². The van der Waals surface area contributed by atoms with Gasteiger partial charge in [0.1, 0.15) is 0 Å². The van der Waals surface area contributed by atoms with Crippen LogP contribution in [0.4, 0.5) is 0 Å². The van der Waals surface area contributed by atoms with Crippen LogP contribution in [0.25, 0.3) is 28.1 Å². The van der Waals surface area contributed by atoms with Gasteiger partial charge in [0.25, 0.3) is 0 Å². The minimum atomic E-state index is 0.535. The first-order valence-electron chi connectivity index (χ1n) is 9.36. The SMILES string of the molecule is CN(C)Cc1ccc2ccc(Cn3nnc4ncc(-c5cnn(C)c5)nc43)cn12. The number of aromatic nitrogens is 8. The quantitative estimate of drug-likeness (QED) is 0.459. The molecule has 0 N–H and O–H groups in total. The molecule has 0 spiro atoms. The lowest BCUT2D eigenvalue weighted by molar-refractivity contribution is 0.395. The molecule has 0 bridgehead atoms. The van der Waals surface area contributed by atoms with Crippen LogP contribution in [0.1, 0.15) is 11.3 Å². The molecule has 5 rings (SSSR count). The number of rotatable bonds is 5. The lowest BCUT2D eigenvalue weighted by atomic mass is 10.2. The summed E-state index contributed by atoms with van der Waals surface area (Å²) in [7, 11) is 6.02. The molecule has 0 atom stereocenters. The average Bonchev–Trinajstić information content (AvgIpc) is 3.41. The van der Waals surface area contributed by atoms with E-state index in [-0.39, 0.29) is 0 Å². The Kier molecular flexibility index (Phi) is 4.09. The van der Waals surface area contributed by atoms with E-state index in [2.05, 4.69) is 74.3 Å². The van der Waals surface area contributed by atoms with Crippen LogP contribution in [0.5, 0.6) is 0 Å². The van der Waals surface area contributed by atoms with Crippen LogP contribution in [-0.2, 0) is 20.1 Å². The van der Waals surface area contributed by atoms with Gasteiger partial charge in [0, 0.05) is 42.8 Å². The molecule has 146 valence electrons. The van der Waals surface area contributed by atoms with Crippen LogP contribution in [0.15, 0.2) is 49.1 Å². The van der Waals surface area contributed by atoms with E-state index in [9.17, 15) is 0 Å². The maximum Gasteiger partial charge on any atom is 0.221 e. The van der Waals surface area contributed by atoms with Crippen molar-refractivity contribution in [3.05, 3.63) is 60.3 Å². The maximum absolute atomic E-state index is 4.73. The summed E-state index contributed by atoms with van der Waals surface area (Å²) in [6.45, 7) is 1.45. The summed E-state index contributed by atoms with van der Waals surface area (Å²) in [6.07, 6.45) is 7.55. The van der Waals surface area contributed by atoms with E-state index >= 15 is 0 Å². The summed E-state index contributed by atoms with van der Waals surface area (Å²) in [5, 5.41) is 12.6. The zero-order valence-electron chi connectivity index (χ0n) is 16.6. The topological polar surface area (TPSA) is 82.0 Å². The van der Waals surface area contributed by atoms with E-state index in [1.54, 1.807) is 21.8 Å². The standard InChI is InChI=1S/C20H21N9/c1-26(2)13-17-7-6-16-5-4-14(10-28(16)17)11-29-20-19(24-25-29)21-9-18(23-20)15-8-22-27(3)12-15/h4-10,12H,11,13H2,1-3H3. The minimum absolute atomic E-state index is 0.535. The fourth-order valence-corrected chi connectivity index (χ4v) is 3.48. The number of hydrogen-bond acceptors (Lipinski definition) is 6. The normalized spacial score (nSPS) is 11.9. The third-order valence-corrected chi connectivity index (χ3v) is 4.84. The van der Waals surface area contributed by atoms with E-state index in [0.29, 0.717) is 17.8 Å². The number of aryl methyl sites for hydroxylation is 1. The van der Waals surface area contributed by atoms with Crippen molar-refractivity contribution in [2.45, 2.75) is 13.1 Å². The smallest absolute Gasteiger partial charge is 0.221 e. The molecule has 0 unspecified atom stereocenters. The molecule has 0 aromatic carbocycles. The van der Waals surface area contributed by atoms with Crippen LogP contribution in [0, 0.1) is 0 Å².